The number of benzene rings is 1. The number of rotatable bonds is 4. The standard InChI is InChI=1S/C12H14N2O6/c15-7-9-6-13(3-4-20-9)11-2-1-8(14(18)19)5-10(11)12(16)17/h1-2,5,9,15H,3-4,6-7H2,(H,16,17). The Morgan fingerprint density at radius 1 is 1.55 bits per heavy atom. The van der Waals surface area contributed by atoms with Crippen LogP contribution in [0.3, 0.4) is 0 Å². The van der Waals surface area contributed by atoms with Crippen LogP contribution in [0.2, 0.25) is 0 Å². The van der Waals surface area contributed by atoms with Crippen molar-refractivity contribution in [2.75, 3.05) is 31.2 Å². The number of hydrogen-bond acceptors (Lipinski definition) is 6. The molecule has 108 valence electrons. The molecule has 2 N–H and O–H groups in total. The van der Waals surface area contributed by atoms with E-state index < -0.39 is 10.9 Å². The summed E-state index contributed by atoms with van der Waals surface area (Å²) in [6.45, 7) is 1.01. The molecule has 1 unspecified atom stereocenters. The molecule has 0 spiro atoms. The fourth-order valence-corrected chi connectivity index (χ4v) is 2.13. The second-order valence-electron chi connectivity index (χ2n) is 4.39. The smallest absolute Gasteiger partial charge is 0.338 e. The molecule has 0 saturated carbocycles. The van der Waals surface area contributed by atoms with Crippen LogP contribution >= 0.6 is 0 Å². The zero-order valence-corrected chi connectivity index (χ0v) is 10.6. The molecule has 1 fully saturated rings. The summed E-state index contributed by atoms with van der Waals surface area (Å²) in [5, 5.41) is 29.0. The van der Waals surface area contributed by atoms with Gasteiger partial charge >= 0.3 is 5.97 Å². The lowest BCUT2D eigenvalue weighted by Gasteiger charge is -2.34. The number of carboxylic acid groups (broad SMARTS) is 1. The molecule has 0 bridgehead atoms. The Morgan fingerprint density at radius 3 is 2.90 bits per heavy atom. The lowest BCUT2D eigenvalue weighted by molar-refractivity contribution is -0.384. The molecule has 0 aliphatic carbocycles. The number of carbonyl (C=O) groups is 1. The molecule has 8 nitrogen and oxygen atoms in total. The summed E-state index contributed by atoms with van der Waals surface area (Å²) in [7, 11) is 0. The molecule has 20 heavy (non-hydrogen) atoms. The van der Waals surface area contributed by atoms with E-state index >= 15 is 0 Å². The lowest BCUT2D eigenvalue weighted by Crippen LogP contribution is -2.44. The second kappa shape index (κ2) is 5.85. The highest BCUT2D eigenvalue weighted by atomic mass is 16.6. The van der Waals surface area contributed by atoms with Gasteiger partial charge < -0.3 is 19.8 Å². The van der Waals surface area contributed by atoms with Crippen LogP contribution in [-0.4, -0.2) is 53.5 Å². The van der Waals surface area contributed by atoms with E-state index in [0.717, 1.165) is 6.07 Å². The van der Waals surface area contributed by atoms with Gasteiger partial charge in [-0.15, -0.1) is 0 Å². The van der Waals surface area contributed by atoms with Gasteiger partial charge in [-0.25, -0.2) is 4.79 Å². The average Bonchev–Trinajstić information content (AvgIpc) is 2.46. The largest absolute Gasteiger partial charge is 0.478 e. The number of carboxylic acids is 1. The molecule has 1 heterocycles. The summed E-state index contributed by atoms with van der Waals surface area (Å²) in [6, 6.07) is 3.73. The van der Waals surface area contributed by atoms with Crippen molar-refractivity contribution < 1.29 is 24.7 Å². The SMILES string of the molecule is O=C(O)c1cc([N+](=O)[O-])ccc1N1CCOC(CO)C1. The molecule has 1 aliphatic heterocycles. The van der Waals surface area contributed by atoms with E-state index in [1.807, 2.05) is 0 Å². The van der Waals surface area contributed by atoms with Gasteiger partial charge in [0.15, 0.2) is 0 Å². The van der Waals surface area contributed by atoms with E-state index in [-0.39, 0.29) is 24.0 Å². The quantitative estimate of drug-likeness (QED) is 0.610. The Balaban J connectivity index is 2.35. The maximum Gasteiger partial charge on any atom is 0.338 e. The number of nitro benzene ring substituents is 1. The van der Waals surface area contributed by atoms with Crippen LogP contribution in [-0.2, 0) is 4.74 Å². The summed E-state index contributed by atoms with van der Waals surface area (Å²) in [4.78, 5) is 23.1. The van der Waals surface area contributed by atoms with Gasteiger partial charge in [0.05, 0.1) is 35.5 Å². The minimum absolute atomic E-state index is 0.127. The minimum Gasteiger partial charge on any atom is -0.478 e. The van der Waals surface area contributed by atoms with Gasteiger partial charge in [-0.2, -0.15) is 0 Å². The average molecular weight is 282 g/mol. The second-order valence-corrected chi connectivity index (χ2v) is 4.39. The van der Waals surface area contributed by atoms with E-state index in [4.69, 9.17) is 9.84 Å². The summed E-state index contributed by atoms with van der Waals surface area (Å²) >= 11 is 0. The first kappa shape index (κ1) is 14.2. The number of morpholine rings is 1. The molecule has 1 saturated heterocycles. The molecule has 1 aromatic rings. The Bertz CT molecular complexity index is 533. The van der Waals surface area contributed by atoms with Gasteiger partial charge in [-0.1, -0.05) is 0 Å². The first-order valence-electron chi connectivity index (χ1n) is 6.02. The Hall–Kier alpha value is -2.19. The van der Waals surface area contributed by atoms with Crippen LogP contribution in [0.1, 0.15) is 10.4 Å². The molecule has 0 aromatic heterocycles. The maximum absolute atomic E-state index is 11.3. The number of aromatic carboxylic acids is 1. The van der Waals surface area contributed by atoms with Crippen LogP contribution in [0.4, 0.5) is 11.4 Å². The van der Waals surface area contributed by atoms with Gasteiger partial charge in [-0.3, -0.25) is 10.1 Å². The number of nitrogens with zero attached hydrogens (tertiary/aromatic N) is 2. The number of non-ortho nitro benzene ring substituents is 1. The molecule has 1 aromatic carbocycles. The van der Waals surface area contributed by atoms with Gasteiger partial charge in [-0.05, 0) is 6.07 Å². The summed E-state index contributed by atoms with van der Waals surface area (Å²) < 4.78 is 5.29. The third kappa shape index (κ3) is 2.86. The molecule has 1 atom stereocenters. The minimum atomic E-state index is -1.23. The number of hydrogen-bond donors (Lipinski definition) is 2. The monoisotopic (exact) mass is 282 g/mol. The van der Waals surface area contributed by atoms with Gasteiger partial charge in [0.25, 0.3) is 5.69 Å². The van der Waals surface area contributed by atoms with Crippen molar-refractivity contribution in [1.29, 1.82) is 0 Å². The predicted octanol–water partition coefficient (Wildman–Crippen LogP) is 0.490. The van der Waals surface area contributed by atoms with Crippen LogP contribution in [0.5, 0.6) is 0 Å². The van der Waals surface area contributed by atoms with Crippen LogP contribution in [0.25, 0.3) is 0 Å². The maximum atomic E-state index is 11.3. The first-order valence-corrected chi connectivity index (χ1v) is 6.02. The Labute approximate surface area is 114 Å². The topological polar surface area (TPSA) is 113 Å². The van der Waals surface area contributed by atoms with E-state index in [1.54, 1.807) is 4.90 Å². The summed E-state index contributed by atoms with van der Waals surface area (Å²) in [6.07, 6.45) is -0.388. The van der Waals surface area contributed by atoms with E-state index in [0.29, 0.717) is 25.4 Å². The number of nitro groups is 1. The van der Waals surface area contributed by atoms with E-state index in [1.165, 1.54) is 12.1 Å². The van der Waals surface area contributed by atoms with Crippen molar-refractivity contribution in [2.45, 2.75) is 6.10 Å². The van der Waals surface area contributed by atoms with E-state index in [9.17, 15) is 20.0 Å². The molecular formula is C12H14N2O6. The van der Waals surface area contributed by atoms with Crippen LogP contribution < -0.4 is 4.90 Å². The summed E-state index contributed by atoms with van der Waals surface area (Å²) in [5.74, 6) is -1.23. The van der Waals surface area contributed by atoms with Crippen LogP contribution in [0.15, 0.2) is 18.2 Å². The molecule has 8 heteroatoms. The van der Waals surface area contributed by atoms with Crippen molar-refractivity contribution in [2.24, 2.45) is 0 Å². The van der Waals surface area contributed by atoms with Crippen molar-refractivity contribution >= 4 is 17.3 Å². The fourth-order valence-electron chi connectivity index (χ4n) is 2.13. The zero-order valence-electron chi connectivity index (χ0n) is 10.6. The van der Waals surface area contributed by atoms with Gasteiger partial charge in [0.1, 0.15) is 0 Å². The Morgan fingerprint density at radius 2 is 2.30 bits per heavy atom. The van der Waals surface area contributed by atoms with Gasteiger partial charge in [0.2, 0.25) is 0 Å². The van der Waals surface area contributed by atoms with Crippen molar-refractivity contribution in [3.63, 3.8) is 0 Å². The summed E-state index contributed by atoms with van der Waals surface area (Å²) in [5.41, 5.74) is 0.000701. The lowest BCUT2D eigenvalue weighted by atomic mass is 10.1. The molecular weight excluding hydrogens is 268 g/mol. The normalized spacial score (nSPS) is 18.9. The highest BCUT2D eigenvalue weighted by Crippen LogP contribution is 2.27. The third-order valence-electron chi connectivity index (χ3n) is 3.10. The number of aliphatic hydroxyl groups excluding tert-OH is 1. The van der Waals surface area contributed by atoms with Crippen molar-refractivity contribution in [1.82, 2.24) is 0 Å². The molecule has 0 amide bonds. The van der Waals surface area contributed by atoms with Gasteiger partial charge in [0, 0.05) is 25.2 Å². The molecule has 0 radical (unpaired) electrons. The number of anilines is 1. The highest BCUT2D eigenvalue weighted by molar-refractivity contribution is 5.95. The number of aliphatic hydroxyl groups is 1. The molecule has 2 rings (SSSR count). The zero-order chi connectivity index (χ0) is 14.7. The van der Waals surface area contributed by atoms with Crippen molar-refractivity contribution in [3.05, 3.63) is 33.9 Å². The van der Waals surface area contributed by atoms with E-state index in [2.05, 4.69) is 0 Å². The third-order valence-corrected chi connectivity index (χ3v) is 3.10. The fraction of sp³-hybridized carbons (Fsp3) is 0.417. The Kier molecular flexibility index (Phi) is 4.16. The van der Waals surface area contributed by atoms with Crippen molar-refractivity contribution in [3.8, 4) is 0 Å². The predicted molar refractivity (Wildman–Crippen MR) is 69.1 cm³/mol. The molecule has 1 aliphatic rings. The van der Waals surface area contributed by atoms with Crippen LogP contribution in [0, 0.1) is 10.1 Å². The first-order chi connectivity index (χ1) is 9.52. The number of ether oxygens (including phenoxy) is 1. The highest BCUT2D eigenvalue weighted by Gasteiger charge is 2.25.